The molecule has 0 radical (unpaired) electrons. The molecule has 1 atom stereocenters. The minimum absolute atomic E-state index is 0.178. The van der Waals surface area contributed by atoms with E-state index in [1.54, 1.807) is 43.3 Å². The molecule has 3 amide bonds. The molecule has 0 saturated heterocycles. The highest BCUT2D eigenvalue weighted by Gasteiger charge is 2.21. The minimum Gasteiger partial charge on any atom is -0.467 e. The summed E-state index contributed by atoms with van der Waals surface area (Å²) in [6.07, 6.45) is 1.53. The summed E-state index contributed by atoms with van der Waals surface area (Å²) in [5.74, 6) is 0.103. The predicted molar refractivity (Wildman–Crippen MR) is 126 cm³/mol. The topological polar surface area (TPSA) is 106 Å². The molecule has 4 rings (SSSR count). The Kier molecular flexibility index (Phi) is 6.89. The molecule has 2 N–H and O–H groups in total. The van der Waals surface area contributed by atoms with Crippen molar-refractivity contribution in [3.8, 4) is 0 Å². The summed E-state index contributed by atoms with van der Waals surface area (Å²) in [5.41, 5.74) is 1.23. The lowest BCUT2D eigenvalue weighted by Gasteiger charge is -2.15. The lowest BCUT2D eigenvalue weighted by atomic mass is 10.2. The van der Waals surface area contributed by atoms with Crippen LogP contribution < -0.4 is 16.2 Å². The van der Waals surface area contributed by atoms with Crippen LogP contribution in [0.1, 0.15) is 18.2 Å². The van der Waals surface area contributed by atoms with E-state index in [4.69, 9.17) is 4.42 Å². The van der Waals surface area contributed by atoms with Gasteiger partial charge in [0.1, 0.15) is 5.76 Å². The van der Waals surface area contributed by atoms with Gasteiger partial charge in [-0.1, -0.05) is 54.2 Å². The summed E-state index contributed by atoms with van der Waals surface area (Å²) >= 11 is 1.10. The Morgan fingerprint density at radius 1 is 1.06 bits per heavy atom. The van der Waals surface area contributed by atoms with Crippen molar-refractivity contribution in [3.63, 3.8) is 0 Å². The Labute approximate surface area is 194 Å². The molecule has 168 valence electrons. The monoisotopic (exact) mass is 462 g/mol. The smallest absolute Gasteiger partial charge is 0.321 e. The second-order valence-corrected chi connectivity index (χ2v) is 8.61. The summed E-state index contributed by atoms with van der Waals surface area (Å²) in [4.78, 5) is 42.5. The highest BCUT2D eigenvalue weighted by molar-refractivity contribution is 8.00. The third-order valence-corrected chi connectivity index (χ3v) is 5.99. The van der Waals surface area contributed by atoms with E-state index in [1.807, 2.05) is 30.3 Å². The number of para-hydroxylation sites is 1. The van der Waals surface area contributed by atoms with Gasteiger partial charge >= 0.3 is 6.03 Å². The fourth-order valence-electron chi connectivity index (χ4n) is 3.18. The van der Waals surface area contributed by atoms with Crippen LogP contribution in [0.5, 0.6) is 0 Å². The number of aromatic nitrogens is 2. The molecule has 1 unspecified atom stereocenters. The first-order valence-corrected chi connectivity index (χ1v) is 11.2. The van der Waals surface area contributed by atoms with Crippen LogP contribution in [0.25, 0.3) is 10.9 Å². The van der Waals surface area contributed by atoms with Crippen LogP contribution in [0.2, 0.25) is 0 Å². The second-order valence-electron chi connectivity index (χ2n) is 7.30. The molecule has 0 saturated carbocycles. The van der Waals surface area contributed by atoms with Gasteiger partial charge in [-0.15, -0.1) is 0 Å². The van der Waals surface area contributed by atoms with Gasteiger partial charge in [-0.3, -0.25) is 19.5 Å². The van der Waals surface area contributed by atoms with Crippen LogP contribution in [0, 0.1) is 0 Å². The quantitative estimate of drug-likeness (QED) is 0.321. The first kappa shape index (κ1) is 22.3. The molecule has 2 aromatic heterocycles. The number of hydrogen-bond donors (Lipinski definition) is 2. The van der Waals surface area contributed by atoms with Crippen LogP contribution in [-0.4, -0.2) is 26.7 Å². The lowest BCUT2D eigenvalue weighted by Crippen LogP contribution is -2.42. The van der Waals surface area contributed by atoms with Crippen molar-refractivity contribution in [1.82, 2.24) is 20.2 Å². The minimum atomic E-state index is -0.677. The molecule has 33 heavy (non-hydrogen) atoms. The average Bonchev–Trinajstić information content (AvgIpc) is 3.34. The van der Waals surface area contributed by atoms with Gasteiger partial charge in [0, 0.05) is 6.54 Å². The van der Waals surface area contributed by atoms with E-state index in [0.717, 1.165) is 17.3 Å². The van der Waals surface area contributed by atoms with E-state index >= 15 is 0 Å². The van der Waals surface area contributed by atoms with Crippen LogP contribution in [0.15, 0.2) is 87.4 Å². The number of amides is 3. The van der Waals surface area contributed by atoms with E-state index in [0.29, 0.717) is 28.4 Å². The fraction of sp³-hybridized carbons (Fsp3) is 0.167. The molecular weight excluding hydrogens is 440 g/mol. The van der Waals surface area contributed by atoms with Crippen molar-refractivity contribution in [2.45, 2.75) is 30.4 Å². The van der Waals surface area contributed by atoms with Gasteiger partial charge in [-0.05, 0) is 36.8 Å². The molecule has 0 aliphatic heterocycles. The molecular formula is C24H22N4O4S. The van der Waals surface area contributed by atoms with Crippen molar-refractivity contribution >= 4 is 34.6 Å². The van der Waals surface area contributed by atoms with Gasteiger partial charge in [-0.2, -0.15) is 0 Å². The summed E-state index contributed by atoms with van der Waals surface area (Å²) in [6, 6.07) is 19.4. The highest BCUT2D eigenvalue weighted by atomic mass is 32.2. The number of fused-ring (bicyclic) bond motifs is 1. The van der Waals surface area contributed by atoms with Gasteiger partial charge in [0.15, 0.2) is 5.16 Å². The number of imide groups is 1. The Morgan fingerprint density at radius 2 is 1.82 bits per heavy atom. The Bertz CT molecular complexity index is 1320. The average molecular weight is 463 g/mol. The molecule has 0 aliphatic rings. The molecule has 2 aromatic carbocycles. The number of nitrogens with zero attached hydrogens (tertiary/aromatic N) is 2. The van der Waals surface area contributed by atoms with Crippen LogP contribution >= 0.6 is 11.8 Å². The number of carbonyl (C=O) groups excluding carboxylic acids is 2. The third kappa shape index (κ3) is 5.50. The lowest BCUT2D eigenvalue weighted by molar-refractivity contribution is -0.119. The number of rotatable bonds is 7. The van der Waals surface area contributed by atoms with Crippen molar-refractivity contribution in [3.05, 3.63) is 94.7 Å². The number of benzene rings is 2. The zero-order valence-corrected chi connectivity index (χ0v) is 18.7. The molecule has 4 aromatic rings. The van der Waals surface area contributed by atoms with E-state index in [-0.39, 0.29) is 12.1 Å². The Balaban J connectivity index is 1.49. The summed E-state index contributed by atoms with van der Waals surface area (Å²) in [6.45, 7) is 2.14. The molecule has 0 spiro atoms. The van der Waals surface area contributed by atoms with Gasteiger partial charge in [0.2, 0.25) is 5.91 Å². The molecule has 8 nitrogen and oxygen atoms in total. The zero-order valence-electron chi connectivity index (χ0n) is 17.9. The standard InChI is InChI=1S/C24H22N4O4S/c1-16(21(29)27-23(31)25-14-17-8-3-2-4-9-17)33-24-26-20-12-6-5-11-19(20)22(30)28(24)15-18-10-7-13-32-18/h2-13,16H,14-15H2,1H3,(H2,25,27,29,31). The molecule has 0 fully saturated rings. The number of urea groups is 1. The van der Waals surface area contributed by atoms with E-state index in [1.165, 1.54) is 10.8 Å². The summed E-state index contributed by atoms with van der Waals surface area (Å²) in [5, 5.41) is 5.17. The first-order chi connectivity index (χ1) is 16.0. The number of furan rings is 1. The van der Waals surface area contributed by atoms with Crippen LogP contribution in [0.3, 0.4) is 0 Å². The summed E-state index contributed by atoms with van der Waals surface area (Å²) in [7, 11) is 0. The number of thioether (sulfide) groups is 1. The van der Waals surface area contributed by atoms with Gasteiger partial charge in [0.05, 0.1) is 29.0 Å². The van der Waals surface area contributed by atoms with E-state index in [9.17, 15) is 14.4 Å². The fourth-order valence-corrected chi connectivity index (χ4v) is 4.09. The van der Waals surface area contributed by atoms with E-state index in [2.05, 4.69) is 15.6 Å². The molecule has 2 heterocycles. The molecule has 0 aliphatic carbocycles. The van der Waals surface area contributed by atoms with Gasteiger partial charge < -0.3 is 9.73 Å². The van der Waals surface area contributed by atoms with Crippen molar-refractivity contribution in [2.24, 2.45) is 0 Å². The number of hydrogen-bond acceptors (Lipinski definition) is 6. The SMILES string of the molecule is CC(Sc1nc2ccccc2c(=O)n1Cc1ccco1)C(=O)NC(=O)NCc1ccccc1. The van der Waals surface area contributed by atoms with Gasteiger partial charge in [-0.25, -0.2) is 9.78 Å². The van der Waals surface area contributed by atoms with Crippen LogP contribution in [0.4, 0.5) is 4.79 Å². The maximum absolute atomic E-state index is 13.1. The van der Waals surface area contributed by atoms with Crippen molar-refractivity contribution in [2.75, 3.05) is 0 Å². The van der Waals surface area contributed by atoms with E-state index < -0.39 is 17.2 Å². The largest absolute Gasteiger partial charge is 0.467 e. The predicted octanol–water partition coefficient (Wildman–Crippen LogP) is 3.54. The number of nitrogens with one attached hydrogen (secondary N) is 2. The second kappa shape index (κ2) is 10.2. The molecule has 0 bridgehead atoms. The van der Waals surface area contributed by atoms with Crippen molar-refractivity contribution < 1.29 is 14.0 Å². The third-order valence-electron chi connectivity index (χ3n) is 4.90. The Morgan fingerprint density at radius 3 is 2.58 bits per heavy atom. The van der Waals surface area contributed by atoms with Crippen molar-refractivity contribution in [1.29, 1.82) is 0 Å². The van der Waals surface area contributed by atoms with Crippen LogP contribution in [-0.2, 0) is 17.9 Å². The maximum atomic E-state index is 13.1. The maximum Gasteiger partial charge on any atom is 0.321 e. The Hall–Kier alpha value is -3.85. The summed E-state index contributed by atoms with van der Waals surface area (Å²) < 4.78 is 6.88. The first-order valence-electron chi connectivity index (χ1n) is 10.3. The normalized spacial score (nSPS) is 11.8. The zero-order chi connectivity index (χ0) is 23.2. The highest BCUT2D eigenvalue weighted by Crippen LogP contribution is 2.23. The number of carbonyl (C=O) groups is 2. The van der Waals surface area contributed by atoms with Gasteiger partial charge in [0.25, 0.3) is 5.56 Å². The molecule has 9 heteroatoms.